The van der Waals surface area contributed by atoms with Crippen molar-refractivity contribution in [3.05, 3.63) is 0 Å². The second-order valence-corrected chi connectivity index (χ2v) is 4.26. The van der Waals surface area contributed by atoms with Gasteiger partial charge in [0.05, 0.1) is 0 Å². The molecule has 1 aliphatic carbocycles. The van der Waals surface area contributed by atoms with Gasteiger partial charge in [0, 0.05) is 0 Å². The van der Waals surface area contributed by atoms with E-state index in [4.69, 9.17) is 0 Å². The summed E-state index contributed by atoms with van der Waals surface area (Å²) in [5, 5.41) is 0. The topological polar surface area (TPSA) is 0 Å². The van der Waals surface area contributed by atoms with Crippen LogP contribution in [0, 0.1) is 11.3 Å². The van der Waals surface area contributed by atoms with Gasteiger partial charge in [-0.3, -0.25) is 0 Å². The van der Waals surface area contributed by atoms with E-state index in [1.54, 1.807) is 6.92 Å². The zero-order chi connectivity index (χ0) is 11.9. The highest BCUT2D eigenvalue weighted by Crippen LogP contribution is 2.58. The Labute approximate surface area is 83.6 Å². The molecule has 0 radical (unpaired) electrons. The van der Waals surface area contributed by atoms with Crippen LogP contribution >= 0.6 is 0 Å². The van der Waals surface area contributed by atoms with Gasteiger partial charge >= 0.3 is 12.4 Å². The monoisotopic (exact) mass is 234 g/mol. The Bertz CT molecular complexity index is 202. The Morgan fingerprint density at radius 1 is 0.867 bits per heavy atom. The van der Waals surface area contributed by atoms with Crippen molar-refractivity contribution in [1.82, 2.24) is 0 Å². The van der Waals surface area contributed by atoms with Gasteiger partial charge in [0.15, 0.2) is 5.41 Å². The summed E-state index contributed by atoms with van der Waals surface area (Å²) >= 11 is 0. The SMILES string of the molecule is CC1CCC(C(F)(F)F)(C(F)(F)F)CC1. The molecular weight excluding hydrogens is 222 g/mol. The van der Waals surface area contributed by atoms with Gasteiger partial charge < -0.3 is 0 Å². The predicted octanol–water partition coefficient (Wildman–Crippen LogP) is 4.31. The lowest BCUT2D eigenvalue weighted by Gasteiger charge is -2.41. The van der Waals surface area contributed by atoms with Gasteiger partial charge in [-0.05, 0) is 31.6 Å². The molecule has 1 fully saturated rings. The quantitative estimate of drug-likeness (QED) is 0.548. The molecule has 0 heterocycles. The first-order valence-electron chi connectivity index (χ1n) is 4.73. The molecule has 0 saturated heterocycles. The normalized spacial score (nSPS) is 24.2. The van der Waals surface area contributed by atoms with Crippen LogP contribution in [0.4, 0.5) is 26.3 Å². The Morgan fingerprint density at radius 2 is 1.20 bits per heavy atom. The zero-order valence-corrected chi connectivity index (χ0v) is 8.17. The number of rotatable bonds is 0. The van der Waals surface area contributed by atoms with Crippen molar-refractivity contribution in [1.29, 1.82) is 0 Å². The Hall–Kier alpha value is -0.420. The van der Waals surface area contributed by atoms with Gasteiger partial charge in [-0.2, -0.15) is 26.3 Å². The molecule has 0 amide bonds. The van der Waals surface area contributed by atoms with Crippen molar-refractivity contribution in [2.45, 2.75) is 45.0 Å². The molecule has 0 spiro atoms. The lowest BCUT2D eigenvalue weighted by molar-refractivity contribution is -0.351. The van der Waals surface area contributed by atoms with Crippen molar-refractivity contribution in [3.63, 3.8) is 0 Å². The summed E-state index contributed by atoms with van der Waals surface area (Å²) in [7, 11) is 0. The van der Waals surface area contributed by atoms with Gasteiger partial charge in [0.25, 0.3) is 0 Å². The fourth-order valence-electron chi connectivity index (χ4n) is 1.98. The van der Waals surface area contributed by atoms with Crippen LogP contribution in [0.25, 0.3) is 0 Å². The molecule has 0 bridgehead atoms. The van der Waals surface area contributed by atoms with Crippen molar-refractivity contribution < 1.29 is 26.3 Å². The number of hydrogen-bond acceptors (Lipinski definition) is 0. The lowest BCUT2D eigenvalue weighted by atomic mass is 9.70. The fourth-order valence-corrected chi connectivity index (χ4v) is 1.98. The second kappa shape index (κ2) is 3.56. The molecule has 0 atom stereocenters. The number of alkyl halides is 6. The molecule has 90 valence electrons. The second-order valence-electron chi connectivity index (χ2n) is 4.26. The lowest BCUT2D eigenvalue weighted by Crippen LogP contribution is -2.51. The molecule has 1 rings (SSSR count). The van der Waals surface area contributed by atoms with E-state index in [-0.39, 0.29) is 18.8 Å². The largest absolute Gasteiger partial charge is 0.403 e. The fraction of sp³-hybridized carbons (Fsp3) is 1.00. The minimum atomic E-state index is -5.19. The van der Waals surface area contributed by atoms with Crippen LogP contribution in [0.1, 0.15) is 32.6 Å². The van der Waals surface area contributed by atoms with Gasteiger partial charge in [0.2, 0.25) is 0 Å². The van der Waals surface area contributed by atoms with Gasteiger partial charge in [-0.15, -0.1) is 0 Å². The molecule has 0 aromatic heterocycles. The molecular formula is C9H12F6. The third kappa shape index (κ3) is 2.08. The van der Waals surface area contributed by atoms with Crippen molar-refractivity contribution in [2.24, 2.45) is 11.3 Å². The van der Waals surface area contributed by atoms with E-state index in [9.17, 15) is 26.3 Å². The summed E-state index contributed by atoms with van der Waals surface area (Å²) in [4.78, 5) is 0. The Morgan fingerprint density at radius 3 is 1.47 bits per heavy atom. The van der Waals surface area contributed by atoms with E-state index in [1.807, 2.05) is 0 Å². The summed E-state index contributed by atoms with van der Waals surface area (Å²) in [5.74, 6) is -0.0529. The molecule has 0 aliphatic heterocycles. The number of hydrogen-bond donors (Lipinski definition) is 0. The summed E-state index contributed by atoms with van der Waals surface area (Å²) in [6.07, 6.45) is -12.1. The third-order valence-electron chi connectivity index (χ3n) is 3.21. The number of halogens is 6. The maximum absolute atomic E-state index is 12.5. The summed E-state index contributed by atoms with van der Waals surface area (Å²) in [6, 6.07) is 0. The van der Waals surface area contributed by atoms with Crippen molar-refractivity contribution in [2.75, 3.05) is 0 Å². The van der Waals surface area contributed by atoms with Gasteiger partial charge in [-0.1, -0.05) is 6.92 Å². The van der Waals surface area contributed by atoms with Crippen LogP contribution in [0.5, 0.6) is 0 Å². The summed E-state index contributed by atoms with van der Waals surface area (Å²) < 4.78 is 75.0. The molecule has 1 saturated carbocycles. The Balaban J connectivity index is 2.99. The molecule has 0 unspecified atom stereocenters. The molecule has 15 heavy (non-hydrogen) atoms. The molecule has 0 nitrogen and oxygen atoms in total. The van der Waals surface area contributed by atoms with Crippen LogP contribution in [0.15, 0.2) is 0 Å². The maximum atomic E-state index is 12.5. The minimum absolute atomic E-state index is 0.0149. The van der Waals surface area contributed by atoms with E-state index < -0.39 is 30.6 Å². The maximum Gasteiger partial charge on any atom is 0.403 e. The molecule has 0 aromatic rings. The van der Waals surface area contributed by atoms with Gasteiger partial charge in [0.1, 0.15) is 0 Å². The van der Waals surface area contributed by atoms with Crippen LogP contribution in [0.3, 0.4) is 0 Å². The molecule has 6 heteroatoms. The zero-order valence-electron chi connectivity index (χ0n) is 8.17. The molecule has 1 aliphatic rings. The van der Waals surface area contributed by atoms with E-state index in [0.717, 1.165) is 0 Å². The van der Waals surface area contributed by atoms with Crippen LogP contribution in [-0.2, 0) is 0 Å². The Kier molecular flexibility index (Phi) is 3.00. The van der Waals surface area contributed by atoms with Crippen molar-refractivity contribution in [3.8, 4) is 0 Å². The van der Waals surface area contributed by atoms with E-state index in [2.05, 4.69) is 0 Å². The van der Waals surface area contributed by atoms with E-state index in [1.165, 1.54) is 0 Å². The first kappa shape index (κ1) is 12.6. The highest BCUT2D eigenvalue weighted by atomic mass is 19.4. The third-order valence-corrected chi connectivity index (χ3v) is 3.21. The smallest absolute Gasteiger partial charge is 0.170 e. The van der Waals surface area contributed by atoms with Crippen molar-refractivity contribution >= 4 is 0 Å². The van der Waals surface area contributed by atoms with E-state index in [0.29, 0.717) is 0 Å². The predicted molar refractivity (Wildman–Crippen MR) is 42.2 cm³/mol. The first-order chi connectivity index (χ1) is 6.60. The van der Waals surface area contributed by atoms with Crippen LogP contribution in [0.2, 0.25) is 0 Å². The molecule has 0 aromatic carbocycles. The minimum Gasteiger partial charge on any atom is -0.170 e. The van der Waals surface area contributed by atoms with Crippen LogP contribution < -0.4 is 0 Å². The standard InChI is InChI=1S/C9H12F6/c1-6-2-4-7(5-3-6,8(10,11)12)9(13,14)15/h6H,2-5H2,1H3. The average Bonchev–Trinajstić information content (AvgIpc) is 2.00. The summed E-state index contributed by atoms with van der Waals surface area (Å²) in [6.45, 7) is 1.68. The average molecular weight is 234 g/mol. The van der Waals surface area contributed by atoms with Gasteiger partial charge in [-0.25, -0.2) is 0 Å². The highest BCUT2D eigenvalue weighted by Gasteiger charge is 2.70. The van der Waals surface area contributed by atoms with Crippen LogP contribution in [-0.4, -0.2) is 12.4 Å². The highest BCUT2D eigenvalue weighted by molar-refractivity contribution is 4.96. The van der Waals surface area contributed by atoms with E-state index >= 15 is 0 Å². The summed E-state index contributed by atoms with van der Waals surface area (Å²) in [5.41, 5.74) is -3.47. The first-order valence-corrected chi connectivity index (χ1v) is 4.73. The molecule has 0 N–H and O–H groups in total.